The van der Waals surface area contributed by atoms with Crippen LogP contribution in [0.5, 0.6) is 5.75 Å². The standard InChI is InChI=1S/C14H13F3N4O4/c1-25-7-2-3-8-9(4-7)20-13(14(15,16)17)21-12(8)19-5-10(22)18-6-11(23)24/h2-4H,5-6H2,1H3,(H,18,22)(H,23,24)(H,19,20,21). The molecule has 11 heteroatoms. The van der Waals surface area contributed by atoms with Gasteiger partial charge in [-0.2, -0.15) is 13.2 Å². The number of aromatic nitrogens is 2. The number of alkyl halides is 3. The summed E-state index contributed by atoms with van der Waals surface area (Å²) in [6, 6.07) is 4.27. The number of carbonyl (C=O) groups excluding carboxylic acids is 1. The molecule has 1 amide bonds. The van der Waals surface area contributed by atoms with Crippen LogP contribution in [0, 0.1) is 0 Å². The first-order valence-electron chi connectivity index (χ1n) is 6.86. The first-order chi connectivity index (χ1) is 11.7. The topological polar surface area (TPSA) is 113 Å². The van der Waals surface area contributed by atoms with Crippen LogP contribution < -0.4 is 15.4 Å². The fraction of sp³-hybridized carbons (Fsp3) is 0.286. The molecule has 0 saturated carbocycles. The molecular weight excluding hydrogens is 345 g/mol. The van der Waals surface area contributed by atoms with Crippen molar-refractivity contribution in [2.45, 2.75) is 6.18 Å². The van der Waals surface area contributed by atoms with Crippen molar-refractivity contribution in [3.63, 3.8) is 0 Å². The number of nitrogens with one attached hydrogen (secondary N) is 2. The molecule has 0 aliphatic carbocycles. The number of carboxylic acid groups (broad SMARTS) is 1. The van der Waals surface area contributed by atoms with Crippen molar-refractivity contribution in [2.24, 2.45) is 0 Å². The van der Waals surface area contributed by atoms with Crippen molar-refractivity contribution < 1.29 is 32.6 Å². The highest BCUT2D eigenvalue weighted by atomic mass is 19.4. The lowest BCUT2D eigenvalue weighted by molar-refractivity contribution is -0.144. The third kappa shape index (κ3) is 4.68. The molecule has 134 valence electrons. The average Bonchev–Trinajstić information content (AvgIpc) is 2.56. The molecule has 0 saturated heterocycles. The summed E-state index contributed by atoms with van der Waals surface area (Å²) in [4.78, 5) is 28.8. The van der Waals surface area contributed by atoms with Gasteiger partial charge in [-0.1, -0.05) is 0 Å². The van der Waals surface area contributed by atoms with Crippen molar-refractivity contribution in [1.29, 1.82) is 0 Å². The first kappa shape index (κ1) is 18.2. The molecule has 1 aromatic heterocycles. The van der Waals surface area contributed by atoms with Gasteiger partial charge in [-0.3, -0.25) is 9.59 Å². The predicted molar refractivity (Wildman–Crippen MR) is 80.2 cm³/mol. The number of anilines is 1. The van der Waals surface area contributed by atoms with Gasteiger partial charge in [-0.15, -0.1) is 0 Å². The molecule has 0 fully saturated rings. The van der Waals surface area contributed by atoms with Crippen LogP contribution in [0.25, 0.3) is 10.9 Å². The van der Waals surface area contributed by atoms with Crippen LogP contribution >= 0.6 is 0 Å². The highest BCUT2D eigenvalue weighted by Crippen LogP contribution is 2.31. The molecule has 2 rings (SSSR count). The summed E-state index contributed by atoms with van der Waals surface area (Å²) in [5, 5.41) is 13.3. The average molecular weight is 358 g/mol. The van der Waals surface area contributed by atoms with Gasteiger partial charge in [-0.05, 0) is 12.1 Å². The molecular formula is C14H13F3N4O4. The predicted octanol–water partition coefficient (Wildman–Crippen LogP) is 1.27. The summed E-state index contributed by atoms with van der Waals surface area (Å²) in [6.07, 6.45) is -4.78. The van der Waals surface area contributed by atoms with Gasteiger partial charge in [0.15, 0.2) is 0 Å². The van der Waals surface area contributed by atoms with E-state index in [1.54, 1.807) is 0 Å². The lowest BCUT2D eigenvalue weighted by Crippen LogP contribution is -2.34. The summed E-state index contributed by atoms with van der Waals surface area (Å²) in [5.74, 6) is -3.22. The number of halogens is 3. The molecule has 0 aliphatic rings. The van der Waals surface area contributed by atoms with Gasteiger partial charge < -0.3 is 20.5 Å². The number of methoxy groups -OCH3 is 1. The van der Waals surface area contributed by atoms with Crippen LogP contribution in [0.3, 0.4) is 0 Å². The number of nitrogens with zero attached hydrogens (tertiary/aromatic N) is 2. The number of aliphatic carboxylic acids is 1. The Balaban J connectivity index is 2.33. The van der Waals surface area contributed by atoms with E-state index < -0.39 is 37.0 Å². The van der Waals surface area contributed by atoms with Crippen LogP contribution in [0.4, 0.5) is 19.0 Å². The number of hydrogen-bond donors (Lipinski definition) is 3. The largest absolute Gasteiger partial charge is 0.497 e. The van der Waals surface area contributed by atoms with E-state index in [-0.39, 0.29) is 16.7 Å². The van der Waals surface area contributed by atoms with E-state index in [4.69, 9.17) is 9.84 Å². The summed E-state index contributed by atoms with van der Waals surface area (Å²) < 4.78 is 43.8. The first-order valence-corrected chi connectivity index (χ1v) is 6.86. The highest BCUT2D eigenvalue weighted by molar-refractivity contribution is 5.92. The maximum atomic E-state index is 13.0. The Hall–Kier alpha value is -3.11. The zero-order valence-electron chi connectivity index (χ0n) is 12.8. The van der Waals surface area contributed by atoms with Crippen LogP contribution in [0.1, 0.15) is 5.82 Å². The molecule has 1 aromatic carbocycles. The number of carbonyl (C=O) groups is 2. The maximum Gasteiger partial charge on any atom is 0.451 e. The van der Waals surface area contributed by atoms with E-state index >= 15 is 0 Å². The molecule has 8 nitrogen and oxygen atoms in total. The molecule has 3 N–H and O–H groups in total. The fourth-order valence-corrected chi connectivity index (χ4v) is 1.90. The Morgan fingerprint density at radius 2 is 1.96 bits per heavy atom. The smallest absolute Gasteiger partial charge is 0.451 e. The fourth-order valence-electron chi connectivity index (χ4n) is 1.90. The van der Waals surface area contributed by atoms with Crippen molar-refractivity contribution >= 4 is 28.6 Å². The number of amides is 1. The highest BCUT2D eigenvalue weighted by Gasteiger charge is 2.35. The summed E-state index contributed by atoms with van der Waals surface area (Å²) >= 11 is 0. The molecule has 0 radical (unpaired) electrons. The van der Waals surface area contributed by atoms with E-state index in [0.717, 1.165) is 0 Å². The number of carboxylic acids is 1. The van der Waals surface area contributed by atoms with Crippen molar-refractivity contribution in [3.05, 3.63) is 24.0 Å². The molecule has 0 bridgehead atoms. The number of rotatable bonds is 6. The minimum Gasteiger partial charge on any atom is -0.497 e. The summed E-state index contributed by atoms with van der Waals surface area (Å²) in [7, 11) is 1.36. The van der Waals surface area contributed by atoms with Crippen molar-refractivity contribution in [3.8, 4) is 5.75 Å². The Labute approximate surface area is 139 Å². The van der Waals surface area contributed by atoms with Gasteiger partial charge in [0.25, 0.3) is 0 Å². The molecule has 0 aliphatic heterocycles. The Morgan fingerprint density at radius 1 is 1.24 bits per heavy atom. The van der Waals surface area contributed by atoms with Crippen LogP contribution in [-0.2, 0) is 15.8 Å². The van der Waals surface area contributed by atoms with Crippen molar-refractivity contribution in [2.75, 3.05) is 25.5 Å². The third-order valence-electron chi connectivity index (χ3n) is 3.01. The Kier molecular flexibility index (Phi) is 5.25. The van der Waals surface area contributed by atoms with Crippen molar-refractivity contribution in [1.82, 2.24) is 15.3 Å². The minimum absolute atomic E-state index is 0.0184. The van der Waals surface area contributed by atoms with E-state index in [1.807, 2.05) is 0 Å². The van der Waals surface area contributed by atoms with Gasteiger partial charge in [0.2, 0.25) is 11.7 Å². The lowest BCUT2D eigenvalue weighted by Gasteiger charge is -2.12. The van der Waals surface area contributed by atoms with Gasteiger partial charge in [0.05, 0.1) is 19.2 Å². The molecule has 25 heavy (non-hydrogen) atoms. The van der Waals surface area contributed by atoms with Crippen LogP contribution in [0.15, 0.2) is 18.2 Å². The van der Waals surface area contributed by atoms with Gasteiger partial charge in [-0.25, -0.2) is 9.97 Å². The van der Waals surface area contributed by atoms with Gasteiger partial charge in [0, 0.05) is 11.5 Å². The number of hydrogen-bond acceptors (Lipinski definition) is 6. The zero-order chi connectivity index (χ0) is 18.6. The lowest BCUT2D eigenvalue weighted by atomic mass is 10.2. The quantitative estimate of drug-likeness (QED) is 0.713. The summed E-state index contributed by atoms with van der Waals surface area (Å²) in [5.41, 5.74) is -0.0184. The zero-order valence-corrected chi connectivity index (χ0v) is 12.8. The molecule has 0 atom stereocenters. The van der Waals surface area contributed by atoms with E-state index in [2.05, 4.69) is 20.6 Å². The van der Waals surface area contributed by atoms with E-state index in [0.29, 0.717) is 5.75 Å². The third-order valence-corrected chi connectivity index (χ3v) is 3.01. The SMILES string of the molecule is COc1ccc2c(NCC(=O)NCC(=O)O)nc(C(F)(F)F)nc2c1. The van der Waals surface area contributed by atoms with Gasteiger partial charge >= 0.3 is 12.1 Å². The monoisotopic (exact) mass is 358 g/mol. The second-order valence-electron chi connectivity index (χ2n) is 4.80. The minimum atomic E-state index is -4.78. The normalized spacial score (nSPS) is 11.2. The van der Waals surface area contributed by atoms with Crippen LogP contribution in [0.2, 0.25) is 0 Å². The second-order valence-corrected chi connectivity index (χ2v) is 4.80. The van der Waals surface area contributed by atoms with E-state index in [9.17, 15) is 22.8 Å². The van der Waals surface area contributed by atoms with E-state index in [1.165, 1.54) is 25.3 Å². The molecule has 0 unspecified atom stereocenters. The Morgan fingerprint density at radius 3 is 2.56 bits per heavy atom. The molecule has 0 spiro atoms. The number of ether oxygens (including phenoxy) is 1. The van der Waals surface area contributed by atoms with Gasteiger partial charge in [0.1, 0.15) is 18.1 Å². The van der Waals surface area contributed by atoms with Crippen LogP contribution in [-0.4, -0.2) is 47.2 Å². The Bertz CT molecular complexity index is 810. The summed E-state index contributed by atoms with van der Waals surface area (Å²) in [6.45, 7) is -1.06. The number of benzene rings is 1. The molecule has 1 heterocycles. The number of fused-ring (bicyclic) bond motifs is 1. The molecule has 2 aromatic rings. The second kappa shape index (κ2) is 7.20. The maximum absolute atomic E-state index is 13.0.